The summed E-state index contributed by atoms with van der Waals surface area (Å²) < 4.78 is 32.8. The van der Waals surface area contributed by atoms with Gasteiger partial charge < -0.3 is 10.1 Å². The number of nitrogens with one attached hydrogen (secondary N) is 1. The van der Waals surface area contributed by atoms with Crippen LogP contribution in [0.4, 0.5) is 5.69 Å². The number of hydrogen-bond acceptors (Lipinski definition) is 4. The number of sulfonamides is 1. The van der Waals surface area contributed by atoms with Crippen LogP contribution in [0.2, 0.25) is 5.02 Å². The number of carbonyl (C=O) groups excluding carboxylic acids is 1. The van der Waals surface area contributed by atoms with E-state index in [1.165, 1.54) is 16.4 Å². The largest absolute Gasteiger partial charge is 0.482 e. The highest BCUT2D eigenvalue weighted by Gasteiger charge is 2.30. The van der Waals surface area contributed by atoms with Crippen molar-refractivity contribution >= 4 is 33.2 Å². The van der Waals surface area contributed by atoms with E-state index < -0.39 is 10.0 Å². The zero-order valence-electron chi connectivity index (χ0n) is 15.7. The fourth-order valence-electron chi connectivity index (χ4n) is 3.15. The van der Waals surface area contributed by atoms with Crippen molar-refractivity contribution in [2.24, 2.45) is 0 Å². The van der Waals surface area contributed by atoms with E-state index in [0.29, 0.717) is 18.1 Å². The van der Waals surface area contributed by atoms with Crippen LogP contribution >= 0.6 is 11.6 Å². The van der Waals surface area contributed by atoms with E-state index in [1.54, 1.807) is 6.07 Å². The molecule has 150 valence electrons. The molecule has 1 saturated heterocycles. The first-order chi connectivity index (χ1) is 13.4. The minimum atomic E-state index is -3.72. The van der Waals surface area contributed by atoms with Crippen molar-refractivity contribution in [3.63, 3.8) is 0 Å². The zero-order valence-corrected chi connectivity index (χ0v) is 17.2. The Morgan fingerprint density at radius 2 is 1.89 bits per heavy atom. The van der Waals surface area contributed by atoms with Crippen LogP contribution < -0.4 is 10.1 Å². The number of benzene rings is 2. The number of anilines is 1. The Morgan fingerprint density at radius 3 is 2.61 bits per heavy atom. The number of para-hydroxylation sites is 1. The molecule has 0 radical (unpaired) electrons. The molecule has 1 amide bonds. The van der Waals surface area contributed by atoms with E-state index in [4.69, 9.17) is 16.3 Å². The molecule has 0 saturated carbocycles. The monoisotopic (exact) mass is 422 g/mol. The summed E-state index contributed by atoms with van der Waals surface area (Å²) in [5.74, 6) is -0.240. The van der Waals surface area contributed by atoms with Crippen molar-refractivity contribution in [2.45, 2.75) is 31.1 Å². The van der Waals surface area contributed by atoms with Crippen molar-refractivity contribution < 1.29 is 17.9 Å². The number of ether oxygens (including phenoxy) is 1. The van der Waals surface area contributed by atoms with Gasteiger partial charge in [-0.15, -0.1) is 0 Å². The third kappa shape index (κ3) is 4.66. The van der Waals surface area contributed by atoms with Gasteiger partial charge in [0.15, 0.2) is 6.61 Å². The summed E-state index contributed by atoms with van der Waals surface area (Å²) in [6.45, 7) is 2.65. The molecule has 0 unspecified atom stereocenters. The Hall–Kier alpha value is -2.09. The van der Waals surface area contributed by atoms with Gasteiger partial charge in [0.2, 0.25) is 10.0 Å². The van der Waals surface area contributed by atoms with E-state index in [1.807, 2.05) is 31.2 Å². The summed E-state index contributed by atoms with van der Waals surface area (Å²) in [5.41, 5.74) is 1.74. The normalized spacial score (nSPS) is 14.8. The smallest absolute Gasteiger partial charge is 0.262 e. The Morgan fingerprint density at radius 1 is 1.18 bits per heavy atom. The molecule has 28 heavy (non-hydrogen) atoms. The fraction of sp³-hybridized carbons (Fsp3) is 0.350. The minimum Gasteiger partial charge on any atom is -0.482 e. The van der Waals surface area contributed by atoms with Gasteiger partial charge >= 0.3 is 0 Å². The van der Waals surface area contributed by atoms with Crippen LogP contribution in [0.25, 0.3) is 0 Å². The van der Waals surface area contributed by atoms with Crippen molar-refractivity contribution in [3.8, 4) is 5.75 Å². The molecule has 2 aromatic carbocycles. The third-order valence-electron chi connectivity index (χ3n) is 4.62. The maximum atomic E-state index is 12.9. The van der Waals surface area contributed by atoms with E-state index in [2.05, 4.69) is 5.32 Å². The van der Waals surface area contributed by atoms with Gasteiger partial charge in [-0.3, -0.25) is 4.79 Å². The predicted molar refractivity (Wildman–Crippen MR) is 109 cm³/mol. The molecule has 0 bridgehead atoms. The van der Waals surface area contributed by atoms with Gasteiger partial charge in [0.1, 0.15) is 10.6 Å². The summed E-state index contributed by atoms with van der Waals surface area (Å²) in [6, 6.07) is 11.9. The van der Waals surface area contributed by atoms with Gasteiger partial charge in [0, 0.05) is 23.8 Å². The highest BCUT2D eigenvalue weighted by atomic mass is 35.5. The first-order valence-corrected chi connectivity index (χ1v) is 11.0. The summed E-state index contributed by atoms with van der Waals surface area (Å²) in [4.78, 5) is 12.3. The lowest BCUT2D eigenvalue weighted by molar-refractivity contribution is -0.118. The quantitative estimate of drug-likeness (QED) is 0.738. The number of nitrogens with zero attached hydrogens (tertiary/aromatic N) is 1. The van der Waals surface area contributed by atoms with Crippen LogP contribution in [-0.4, -0.2) is 38.3 Å². The van der Waals surface area contributed by atoms with Crippen molar-refractivity contribution in [3.05, 3.63) is 53.1 Å². The second kappa shape index (κ2) is 8.94. The molecule has 1 fully saturated rings. The molecule has 1 N–H and O–H groups in total. The maximum absolute atomic E-state index is 12.9. The fourth-order valence-corrected chi connectivity index (χ4v) is 5.06. The number of amides is 1. The highest BCUT2D eigenvalue weighted by Crippen LogP contribution is 2.31. The summed E-state index contributed by atoms with van der Waals surface area (Å²) >= 11 is 6.02. The van der Waals surface area contributed by atoms with Gasteiger partial charge in [-0.25, -0.2) is 8.42 Å². The van der Waals surface area contributed by atoms with Crippen molar-refractivity contribution in [2.75, 3.05) is 25.0 Å². The molecule has 0 aromatic heterocycles. The Labute approximate surface area is 170 Å². The molecule has 0 atom stereocenters. The highest BCUT2D eigenvalue weighted by molar-refractivity contribution is 7.89. The lowest BCUT2D eigenvalue weighted by atomic mass is 10.1. The molecule has 1 heterocycles. The molecular formula is C20H23ClN2O4S. The molecule has 3 rings (SSSR count). The lowest BCUT2D eigenvalue weighted by Crippen LogP contribution is -2.29. The number of aryl methyl sites for hydroxylation is 1. The molecular weight excluding hydrogens is 400 g/mol. The average molecular weight is 423 g/mol. The molecule has 1 aliphatic rings. The first-order valence-electron chi connectivity index (χ1n) is 9.22. The van der Waals surface area contributed by atoms with Crippen LogP contribution in [0, 0.1) is 0 Å². The SMILES string of the molecule is CCc1ccccc1NC(=O)COc1ccc(Cl)cc1S(=O)(=O)N1CCCC1. The van der Waals surface area contributed by atoms with Gasteiger partial charge in [-0.05, 0) is 49.1 Å². The predicted octanol–water partition coefficient (Wildman–Crippen LogP) is 3.70. The van der Waals surface area contributed by atoms with Gasteiger partial charge in [0.05, 0.1) is 0 Å². The molecule has 0 spiro atoms. The number of hydrogen-bond donors (Lipinski definition) is 1. The number of carbonyl (C=O) groups is 1. The Kier molecular flexibility index (Phi) is 6.59. The molecule has 0 aliphatic carbocycles. The first kappa shape index (κ1) is 20.6. The minimum absolute atomic E-state index is 0.0105. The van der Waals surface area contributed by atoms with Gasteiger partial charge in [-0.2, -0.15) is 4.31 Å². The summed E-state index contributed by atoms with van der Waals surface area (Å²) in [5, 5.41) is 3.10. The maximum Gasteiger partial charge on any atom is 0.262 e. The number of halogens is 1. The second-order valence-electron chi connectivity index (χ2n) is 6.55. The second-order valence-corrected chi connectivity index (χ2v) is 8.89. The van der Waals surface area contributed by atoms with Crippen LogP contribution in [0.15, 0.2) is 47.4 Å². The summed E-state index contributed by atoms with van der Waals surface area (Å²) in [7, 11) is -3.72. The van der Waals surface area contributed by atoms with Gasteiger partial charge in [-0.1, -0.05) is 36.7 Å². The van der Waals surface area contributed by atoms with E-state index in [9.17, 15) is 13.2 Å². The van der Waals surface area contributed by atoms with Crippen LogP contribution in [0.1, 0.15) is 25.3 Å². The Bertz CT molecular complexity index is 956. The zero-order chi connectivity index (χ0) is 20.1. The average Bonchev–Trinajstić information content (AvgIpc) is 3.23. The van der Waals surface area contributed by atoms with Crippen LogP contribution in [0.3, 0.4) is 0 Å². The van der Waals surface area contributed by atoms with Crippen LogP contribution in [-0.2, 0) is 21.2 Å². The van der Waals surface area contributed by atoms with Crippen molar-refractivity contribution in [1.29, 1.82) is 0 Å². The van der Waals surface area contributed by atoms with Gasteiger partial charge in [0.25, 0.3) is 5.91 Å². The Balaban J connectivity index is 1.75. The molecule has 6 nitrogen and oxygen atoms in total. The molecule has 2 aromatic rings. The van der Waals surface area contributed by atoms with E-state index in [-0.39, 0.29) is 23.2 Å². The van der Waals surface area contributed by atoms with Crippen molar-refractivity contribution in [1.82, 2.24) is 4.31 Å². The third-order valence-corrected chi connectivity index (χ3v) is 6.77. The summed E-state index contributed by atoms with van der Waals surface area (Å²) in [6.07, 6.45) is 2.44. The standard InChI is InChI=1S/C20H23ClN2O4S/c1-2-15-7-3-4-8-17(15)22-20(24)14-27-18-10-9-16(21)13-19(18)28(25,26)23-11-5-6-12-23/h3-4,7-10,13H,2,5-6,11-12,14H2,1H3,(H,22,24). The number of rotatable bonds is 7. The molecule has 8 heteroatoms. The topological polar surface area (TPSA) is 75.7 Å². The molecule has 1 aliphatic heterocycles. The van der Waals surface area contributed by atoms with E-state index >= 15 is 0 Å². The van der Waals surface area contributed by atoms with Crippen LogP contribution in [0.5, 0.6) is 5.75 Å². The van der Waals surface area contributed by atoms with E-state index in [0.717, 1.165) is 30.5 Å². The lowest BCUT2D eigenvalue weighted by Gasteiger charge is -2.18.